The molecule has 0 spiro atoms. The maximum atomic E-state index is 11.2. The Kier molecular flexibility index (Phi) is 25.0. The fourth-order valence-corrected chi connectivity index (χ4v) is 5.77. The van der Waals surface area contributed by atoms with Gasteiger partial charge in [0.15, 0.2) is 12.6 Å². The van der Waals surface area contributed by atoms with E-state index in [0.29, 0.717) is 54.2 Å². The Hall–Kier alpha value is -1.44. The number of benzene rings is 4. The van der Waals surface area contributed by atoms with Gasteiger partial charge in [-0.2, -0.15) is 0 Å². The maximum Gasteiger partial charge on any atom is 1.00 e. The Morgan fingerprint density at radius 3 is 1.34 bits per heavy atom. The fourth-order valence-electron chi connectivity index (χ4n) is 5.26. The summed E-state index contributed by atoms with van der Waals surface area (Å²) in [4.78, 5) is 53.6. The van der Waals surface area contributed by atoms with Gasteiger partial charge >= 0.3 is 117 Å². The van der Waals surface area contributed by atoms with Crippen molar-refractivity contribution in [2.75, 3.05) is 0 Å². The second-order valence-electron chi connectivity index (χ2n) is 15.4. The Balaban J connectivity index is 0.000000913. The minimum atomic E-state index is -0.400. The van der Waals surface area contributed by atoms with Gasteiger partial charge in [-0.3, -0.25) is 24.0 Å². The second-order valence-corrected chi connectivity index (χ2v) is 16.1. The van der Waals surface area contributed by atoms with Crippen LogP contribution in [0.2, 0.25) is 0 Å². The molecule has 0 unspecified atom stereocenters. The van der Waals surface area contributed by atoms with Gasteiger partial charge in [0.05, 0.1) is 33.5 Å². The first-order valence-corrected chi connectivity index (χ1v) is 19.9. The standard InChI is InChI=1S/C21H23BO5.C13H18BIO2.C8H6O3.CH2O3.2K.H/c1-20(2)21(3,4)27-22(26-20)18-8-5-15(6-9-18)14-25-19-10-7-16(12-23)11-17(19)13-24;1-12(2)13(3,4)17-14(16-12)11-7-5-10(9-15)6-8-11;9-4-6-1-2-8(11)7(3-6)5-10;2-1-4-3;;;/h5-13H,14H2,1-4H3;5-8H,9H2,1-4H3;1-5,11H;1,3H;;;/q;;;;2*+1;-1/p-1. The summed E-state index contributed by atoms with van der Waals surface area (Å²) in [5.41, 5.74) is 4.34. The summed E-state index contributed by atoms with van der Waals surface area (Å²) in [5, 5.41) is 17.4. The molecule has 0 aliphatic carbocycles. The number of halogens is 1. The van der Waals surface area contributed by atoms with Gasteiger partial charge in [0, 0.05) is 15.6 Å². The summed E-state index contributed by atoms with van der Waals surface area (Å²) in [5.74, 6) is 0.344. The van der Waals surface area contributed by atoms with E-state index in [1.54, 1.807) is 12.1 Å². The van der Waals surface area contributed by atoms with Crippen LogP contribution in [0.5, 0.6) is 11.5 Å². The number of hydrogen-bond acceptors (Lipinski definition) is 13. The van der Waals surface area contributed by atoms with Crippen LogP contribution in [-0.4, -0.2) is 73.4 Å². The van der Waals surface area contributed by atoms with E-state index in [0.717, 1.165) is 20.9 Å². The van der Waals surface area contributed by atoms with Crippen molar-refractivity contribution in [3.63, 3.8) is 0 Å². The molecule has 2 fully saturated rings. The smallest absolute Gasteiger partial charge is 1.00 e. The molecule has 0 radical (unpaired) electrons. The third-order valence-corrected chi connectivity index (χ3v) is 11.1. The van der Waals surface area contributed by atoms with E-state index in [9.17, 15) is 19.2 Å². The van der Waals surface area contributed by atoms with Crippen molar-refractivity contribution in [3.8, 4) is 11.5 Å². The van der Waals surface area contributed by atoms with E-state index in [1.165, 1.54) is 29.8 Å². The second kappa shape index (κ2) is 26.5. The van der Waals surface area contributed by atoms with E-state index in [-0.39, 0.29) is 152 Å². The van der Waals surface area contributed by atoms with Crippen molar-refractivity contribution >= 4 is 79.4 Å². The van der Waals surface area contributed by atoms with Gasteiger partial charge in [0.1, 0.15) is 30.7 Å². The number of rotatable bonds is 11. The van der Waals surface area contributed by atoms with E-state index in [1.807, 2.05) is 52.0 Å². The molecule has 61 heavy (non-hydrogen) atoms. The van der Waals surface area contributed by atoms with Crippen LogP contribution in [0.25, 0.3) is 0 Å². The predicted octanol–water partition coefficient (Wildman–Crippen LogP) is -0.317. The molecule has 4 aromatic carbocycles. The summed E-state index contributed by atoms with van der Waals surface area (Å²) >= 11 is 2.36. The normalized spacial score (nSPS) is 15.8. The van der Waals surface area contributed by atoms with Crippen LogP contribution in [-0.2, 0) is 39.3 Å². The summed E-state index contributed by atoms with van der Waals surface area (Å²) < 4.78 is 30.9. The van der Waals surface area contributed by atoms with Gasteiger partial charge in [-0.05, 0) is 114 Å². The minimum absolute atomic E-state index is 0. The zero-order valence-corrected chi connectivity index (χ0v) is 44.7. The van der Waals surface area contributed by atoms with Gasteiger partial charge in [-0.25, -0.2) is 0 Å². The first-order valence-electron chi connectivity index (χ1n) is 18.4. The predicted molar refractivity (Wildman–Crippen MR) is 231 cm³/mol. The largest absolute Gasteiger partial charge is 1.00 e. The summed E-state index contributed by atoms with van der Waals surface area (Å²) in [7, 11) is -0.647. The van der Waals surface area contributed by atoms with Gasteiger partial charge < -0.3 is 40.0 Å². The number of carbonyl (C=O) groups excluding carboxylic acids is 5. The quantitative estimate of drug-likeness (QED) is 0.0516. The number of alkyl halides is 1. The molecule has 18 heteroatoms. The Morgan fingerprint density at radius 2 is 0.984 bits per heavy atom. The molecular weight excluding hydrogens is 951 g/mol. The van der Waals surface area contributed by atoms with Crippen LogP contribution in [0.1, 0.15) is 109 Å². The molecule has 1 N–H and O–H groups in total. The van der Waals surface area contributed by atoms with E-state index in [2.05, 4.69) is 79.4 Å². The minimum Gasteiger partial charge on any atom is -1.00 e. The maximum absolute atomic E-state index is 11.2. The van der Waals surface area contributed by atoms with E-state index in [4.69, 9.17) is 38.5 Å². The van der Waals surface area contributed by atoms with Crippen molar-refractivity contribution < 1.29 is 167 Å². The average molecular weight is 1000 g/mol. The van der Waals surface area contributed by atoms with Gasteiger partial charge in [-0.1, -0.05) is 71.1 Å². The zero-order valence-electron chi connectivity index (χ0n) is 37.3. The molecule has 0 amide bonds. The molecule has 314 valence electrons. The summed E-state index contributed by atoms with van der Waals surface area (Å²) in [6, 6.07) is 25.1. The number of aromatic hydroxyl groups is 1. The Bertz CT molecular complexity index is 2020. The van der Waals surface area contributed by atoms with Crippen LogP contribution in [0.3, 0.4) is 0 Å². The average Bonchev–Trinajstić information content (AvgIpc) is 3.59. The third kappa shape index (κ3) is 16.5. The number of phenols is 1. The van der Waals surface area contributed by atoms with Crippen LogP contribution < -0.4 is 124 Å². The molecule has 4 aromatic rings. The van der Waals surface area contributed by atoms with Crippen LogP contribution in [0.15, 0.2) is 84.9 Å². The molecule has 2 heterocycles. The van der Waals surface area contributed by atoms with E-state index < -0.39 is 7.12 Å². The summed E-state index contributed by atoms with van der Waals surface area (Å²) in [6.45, 7) is 16.5. The van der Waals surface area contributed by atoms with Crippen molar-refractivity contribution in [1.29, 1.82) is 0 Å². The van der Waals surface area contributed by atoms with Crippen molar-refractivity contribution in [3.05, 3.63) is 118 Å². The van der Waals surface area contributed by atoms with Crippen LogP contribution in [0.4, 0.5) is 0 Å². The van der Waals surface area contributed by atoms with Crippen LogP contribution >= 0.6 is 22.6 Å². The fraction of sp³-hybridized carbons (Fsp3) is 0.326. The third-order valence-electron chi connectivity index (χ3n) is 10.2. The number of carbonyl (C=O) groups is 5. The molecule has 0 bridgehead atoms. The Labute approximate surface area is 458 Å². The molecule has 13 nitrogen and oxygen atoms in total. The van der Waals surface area contributed by atoms with Gasteiger partial charge in [0.2, 0.25) is 0 Å². The van der Waals surface area contributed by atoms with Crippen molar-refractivity contribution in [1.82, 2.24) is 0 Å². The van der Waals surface area contributed by atoms with Gasteiger partial charge in [-0.15, -0.1) is 0 Å². The number of phenolic OH excluding ortho intramolecular Hbond substituents is 1. The van der Waals surface area contributed by atoms with Gasteiger partial charge in [0.25, 0.3) is 6.47 Å². The SMILES string of the molecule is CC1(C)OB(c2ccc(CI)cc2)OC1(C)C.CC1(C)OB(c2ccc(COc3ccc(C=O)cc3C=O)cc2)OC1(C)C.O=CO[O-].O=Cc1ccc(O)c(C=O)c1.[H-].[K+].[K+]. The first kappa shape index (κ1) is 57.6. The molecule has 0 aromatic heterocycles. The van der Waals surface area contributed by atoms with Crippen molar-refractivity contribution in [2.24, 2.45) is 0 Å². The molecule has 0 atom stereocenters. The molecule has 2 aliphatic heterocycles. The monoisotopic (exact) mass is 1000 g/mol. The zero-order chi connectivity index (χ0) is 44.0. The first-order chi connectivity index (χ1) is 27.8. The molecule has 0 saturated carbocycles. The van der Waals surface area contributed by atoms with Crippen LogP contribution in [0, 0.1) is 0 Å². The number of aldehydes is 4. The van der Waals surface area contributed by atoms with Crippen molar-refractivity contribution in [2.45, 2.75) is 88.8 Å². The molecule has 6 rings (SSSR count). The number of hydrogen-bond donors (Lipinski definition) is 1. The summed E-state index contributed by atoms with van der Waals surface area (Å²) in [6.07, 6.45) is 2.50. The molecule has 2 saturated heterocycles. The topological polar surface area (TPSA) is 184 Å². The Morgan fingerprint density at radius 1 is 0.607 bits per heavy atom. The molecular formula is C43H49B2IK2O13. The molecule has 2 aliphatic rings. The number of ether oxygens (including phenoxy) is 1. The van der Waals surface area contributed by atoms with E-state index >= 15 is 0 Å².